The van der Waals surface area contributed by atoms with Gasteiger partial charge in [0.1, 0.15) is 5.69 Å². The molecule has 2 unspecified atom stereocenters. The van der Waals surface area contributed by atoms with Crippen molar-refractivity contribution < 1.29 is 9.59 Å². The van der Waals surface area contributed by atoms with Crippen LogP contribution in [0.15, 0.2) is 29.5 Å². The average Bonchev–Trinajstić information content (AvgIpc) is 2.98. The summed E-state index contributed by atoms with van der Waals surface area (Å²) < 4.78 is 0. The third-order valence-electron chi connectivity index (χ3n) is 4.68. The van der Waals surface area contributed by atoms with Crippen molar-refractivity contribution in [1.29, 1.82) is 0 Å². The van der Waals surface area contributed by atoms with Gasteiger partial charge >= 0.3 is 0 Å². The van der Waals surface area contributed by atoms with E-state index in [0.717, 1.165) is 18.5 Å². The van der Waals surface area contributed by atoms with E-state index in [-0.39, 0.29) is 23.8 Å². The highest BCUT2D eigenvalue weighted by Crippen LogP contribution is 2.30. The summed E-state index contributed by atoms with van der Waals surface area (Å²) in [5.41, 5.74) is 3.02. The number of piperidine rings is 1. The second kappa shape index (κ2) is 6.27. The molecule has 2 aromatic heterocycles. The number of nitrogens with zero attached hydrogens (tertiary/aromatic N) is 5. The van der Waals surface area contributed by atoms with Crippen molar-refractivity contribution in [3.05, 3.63) is 40.9 Å². The fourth-order valence-corrected chi connectivity index (χ4v) is 4.03. The molecule has 0 radical (unpaired) electrons. The van der Waals surface area contributed by atoms with Gasteiger partial charge in [-0.2, -0.15) is 0 Å². The number of rotatable bonds is 3. The molecule has 0 N–H and O–H groups in total. The zero-order valence-electron chi connectivity index (χ0n) is 13.0. The molecule has 0 spiro atoms. The summed E-state index contributed by atoms with van der Waals surface area (Å²) in [6.45, 7) is 1.52. The zero-order valence-corrected chi connectivity index (χ0v) is 13.9. The van der Waals surface area contributed by atoms with E-state index in [4.69, 9.17) is 0 Å². The second-order valence-electron chi connectivity index (χ2n) is 6.17. The van der Waals surface area contributed by atoms with Crippen LogP contribution in [-0.2, 0) is 11.3 Å². The molecule has 3 fully saturated rings. The van der Waals surface area contributed by atoms with Crippen LogP contribution >= 0.6 is 11.3 Å². The van der Waals surface area contributed by atoms with E-state index in [1.54, 1.807) is 16.6 Å². The number of amides is 2. The maximum absolute atomic E-state index is 12.8. The van der Waals surface area contributed by atoms with Gasteiger partial charge in [-0.05, 0) is 12.8 Å². The Morgan fingerprint density at radius 1 is 1.25 bits per heavy atom. The molecule has 2 atom stereocenters. The highest BCUT2D eigenvalue weighted by Gasteiger charge is 2.42. The van der Waals surface area contributed by atoms with Gasteiger partial charge in [-0.25, -0.2) is 9.97 Å². The Hall–Kier alpha value is -2.35. The number of thiazole rings is 1. The van der Waals surface area contributed by atoms with Crippen LogP contribution in [0.5, 0.6) is 0 Å². The van der Waals surface area contributed by atoms with E-state index >= 15 is 0 Å². The molecule has 3 aliphatic rings. The van der Waals surface area contributed by atoms with E-state index in [0.29, 0.717) is 25.3 Å². The lowest BCUT2D eigenvalue weighted by Gasteiger charge is -2.35. The molecular weight excluding hydrogens is 326 g/mol. The SMILES string of the molecule is O=C(c1cnccn1)N1CC2CCC(C1)N(Cc1cscn1)C2=O. The Morgan fingerprint density at radius 3 is 2.92 bits per heavy atom. The van der Waals surface area contributed by atoms with E-state index in [2.05, 4.69) is 15.0 Å². The molecule has 2 aromatic rings. The van der Waals surface area contributed by atoms with Gasteiger partial charge in [0.2, 0.25) is 5.91 Å². The average molecular weight is 343 g/mol. The third kappa shape index (κ3) is 2.77. The van der Waals surface area contributed by atoms with Crippen molar-refractivity contribution in [3.8, 4) is 0 Å². The van der Waals surface area contributed by atoms with Gasteiger partial charge in [0, 0.05) is 36.9 Å². The van der Waals surface area contributed by atoms with Crippen molar-refractivity contribution in [2.45, 2.75) is 25.4 Å². The largest absolute Gasteiger partial charge is 0.334 e. The molecule has 124 valence electrons. The van der Waals surface area contributed by atoms with Crippen molar-refractivity contribution >= 4 is 23.2 Å². The topological polar surface area (TPSA) is 79.3 Å². The lowest BCUT2D eigenvalue weighted by molar-refractivity contribution is -0.140. The Bertz CT molecular complexity index is 736. The standard InChI is InChI=1S/C16H17N5O2S/c22-15-11-1-2-13(21(15)7-12-9-24-10-19-12)8-20(6-11)16(23)14-5-17-3-4-18-14/h3-5,9-11,13H,1-2,6-8H2. The Morgan fingerprint density at radius 2 is 2.17 bits per heavy atom. The maximum atomic E-state index is 12.8. The summed E-state index contributed by atoms with van der Waals surface area (Å²) in [7, 11) is 0. The fraction of sp³-hybridized carbons (Fsp3) is 0.438. The molecule has 2 bridgehead atoms. The highest BCUT2D eigenvalue weighted by molar-refractivity contribution is 7.07. The molecule has 5 heterocycles. The van der Waals surface area contributed by atoms with Crippen LogP contribution in [0.25, 0.3) is 0 Å². The third-order valence-corrected chi connectivity index (χ3v) is 5.31. The zero-order chi connectivity index (χ0) is 16.5. The molecule has 5 rings (SSSR count). The first-order valence-corrected chi connectivity index (χ1v) is 8.89. The van der Waals surface area contributed by atoms with Gasteiger partial charge in [0.05, 0.1) is 29.9 Å². The smallest absolute Gasteiger partial charge is 0.274 e. The van der Waals surface area contributed by atoms with Crippen LogP contribution in [0, 0.1) is 5.92 Å². The number of hydrogen-bond donors (Lipinski definition) is 0. The molecule has 3 aliphatic heterocycles. The monoisotopic (exact) mass is 343 g/mol. The number of fused-ring (bicyclic) bond motifs is 4. The fourth-order valence-electron chi connectivity index (χ4n) is 3.48. The van der Waals surface area contributed by atoms with Crippen LogP contribution in [0.3, 0.4) is 0 Å². The molecule has 3 saturated heterocycles. The van der Waals surface area contributed by atoms with Crippen molar-refractivity contribution in [3.63, 3.8) is 0 Å². The van der Waals surface area contributed by atoms with Crippen molar-refractivity contribution in [2.75, 3.05) is 13.1 Å². The summed E-state index contributed by atoms with van der Waals surface area (Å²) in [5.74, 6) is -0.153. The number of carbonyl (C=O) groups excluding carboxylic acids is 2. The first-order chi connectivity index (χ1) is 11.7. The van der Waals surface area contributed by atoms with Crippen molar-refractivity contribution in [1.82, 2.24) is 24.8 Å². The predicted molar refractivity (Wildman–Crippen MR) is 87.1 cm³/mol. The van der Waals surface area contributed by atoms with Crippen LogP contribution in [0.1, 0.15) is 29.0 Å². The first-order valence-electron chi connectivity index (χ1n) is 7.95. The van der Waals surface area contributed by atoms with E-state index in [1.807, 2.05) is 10.3 Å². The molecule has 2 amide bonds. The molecule has 8 heteroatoms. The highest BCUT2D eigenvalue weighted by atomic mass is 32.1. The number of aromatic nitrogens is 3. The van der Waals surface area contributed by atoms with Crippen LogP contribution in [0.2, 0.25) is 0 Å². The summed E-state index contributed by atoms with van der Waals surface area (Å²) in [6.07, 6.45) is 6.29. The lowest BCUT2D eigenvalue weighted by Crippen LogP contribution is -2.47. The minimum atomic E-state index is -0.150. The van der Waals surface area contributed by atoms with Gasteiger partial charge in [-0.1, -0.05) is 0 Å². The van der Waals surface area contributed by atoms with E-state index in [1.165, 1.54) is 23.7 Å². The molecule has 24 heavy (non-hydrogen) atoms. The van der Waals surface area contributed by atoms with Crippen molar-refractivity contribution in [2.24, 2.45) is 5.92 Å². The quantitative estimate of drug-likeness (QED) is 0.836. The van der Waals surface area contributed by atoms with E-state index < -0.39 is 0 Å². The van der Waals surface area contributed by atoms with Gasteiger partial charge in [0.25, 0.3) is 5.91 Å². The van der Waals surface area contributed by atoms with Gasteiger partial charge < -0.3 is 9.80 Å². The minimum Gasteiger partial charge on any atom is -0.334 e. The molecule has 0 saturated carbocycles. The van der Waals surface area contributed by atoms with Gasteiger partial charge in [0.15, 0.2) is 0 Å². The summed E-state index contributed by atoms with van der Waals surface area (Å²) in [4.78, 5) is 41.5. The molecule has 7 nitrogen and oxygen atoms in total. The van der Waals surface area contributed by atoms with Crippen LogP contribution < -0.4 is 0 Å². The van der Waals surface area contributed by atoms with Crippen LogP contribution in [0.4, 0.5) is 0 Å². The molecule has 0 aromatic carbocycles. The minimum absolute atomic E-state index is 0.0403. The Balaban J connectivity index is 1.56. The Labute approximate surface area is 143 Å². The number of hydrogen-bond acceptors (Lipinski definition) is 6. The lowest BCUT2D eigenvalue weighted by atomic mass is 9.94. The Kier molecular flexibility index (Phi) is 3.97. The second-order valence-corrected chi connectivity index (χ2v) is 6.89. The normalized spacial score (nSPS) is 23.4. The molecular formula is C16H17N5O2S. The first kappa shape index (κ1) is 15.2. The van der Waals surface area contributed by atoms with Gasteiger partial charge in [-0.3, -0.25) is 14.6 Å². The summed E-state index contributed by atoms with van der Waals surface area (Å²) in [6, 6.07) is 0.0403. The maximum Gasteiger partial charge on any atom is 0.274 e. The predicted octanol–water partition coefficient (Wildman–Crippen LogP) is 1.20. The van der Waals surface area contributed by atoms with E-state index in [9.17, 15) is 9.59 Å². The van der Waals surface area contributed by atoms with Gasteiger partial charge in [-0.15, -0.1) is 11.3 Å². The summed E-state index contributed by atoms with van der Waals surface area (Å²) >= 11 is 1.53. The van der Waals surface area contributed by atoms with Crippen LogP contribution in [-0.4, -0.2) is 55.7 Å². The summed E-state index contributed by atoms with van der Waals surface area (Å²) in [5, 5.41) is 1.97. The molecule has 0 aliphatic carbocycles. The number of carbonyl (C=O) groups is 2.